The van der Waals surface area contributed by atoms with E-state index in [1.54, 1.807) is 6.92 Å². The monoisotopic (exact) mass is 278 g/mol. The molecular formula is C16H26N2O2. The van der Waals surface area contributed by atoms with E-state index < -0.39 is 5.54 Å². The van der Waals surface area contributed by atoms with Gasteiger partial charge in [-0.1, -0.05) is 37.3 Å². The average Bonchev–Trinajstić information content (AvgIpc) is 2.46. The zero-order chi connectivity index (χ0) is 15.0. The molecule has 4 nitrogen and oxygen atoms in total. The Morgan fingerprint density at radius 2 is 1.90 bits per heavy atom. The molecule has 0 amide bonds. The summed E-state index contributed by atoms with van der Waals surface area (Å²) < 4.78 is 5.17. The van der Waals surface area contributed by atoms with Crippen molar-refractivity contribution in [2.75, 3.05) is 26.7 Å². The fourth-order valence-corrected chi connectivity index (χ4v) is 2.22. The molecule has 0 aliphatic rings. The molecule has 0 heterocycles. The van der Waals surface area contributed by atoms with Crippen LogP contribution in [0.15, 0.2) is 30.3 Å². The molecule has 20 heavy (non-hydrogen) atoms. The molecule has 0 aliphatic heterocycles. The van der Waals surface area contributed by atoms with Crippen LogP contribution < -0.4 is 5.73 Å². The summed E-state index contributed by atoms with van der Waals surface area (Å²) in [6.07, 6.45) is 1.63. The highest BCUT2D eigenvalue weighted by atomic mass is 16.5. The first-order valence-corrected chi connectivity index (χ1v) is 7.24. The summed E-state index contributed by atoms with van der Waals surface area (Å²) >= 11 is 0. The minimum atomic E-state index is -1.07. The smallest absolute Gasteiger partial charge is 0.330 e. The third-order valence-corrected chi connectivity index (χ3v) is 3.42. The van der Waals surface area contributed by atoms with Gasteiger partial charge in [-0.3, -0.25) is 0 Å². The number of nitrogens with two attached hydrogens (primary N) is 1. The quantitative estimate of drug-likeness (QED) is 0.740. The molecule has 1 atom stereocenters. The van der Waals surface area contributed by atoms with Crippen molar-refractivity contribution in [3.05, 3.63) is 35.9 Å². The minimum Gasteiger partial charge on any atom is -0.464 e. The summed E-state index contributed by atoms with van der Waals surface area (Å²) in [5.41, 5.74) is 6.13. The van der Waals surface area contributed by atoms with Crippen LogP contribution in [0.4, 0.5) is 0 Å². The van der Waals surface area contributed by atoms with Crippen molar-refractivity contribution in [1.82, 2.24) is 4.90 Å². The normalized spacial score (nSPS) is 14.1. The van der Waals surface area contributed by atoms with E-state index in [0.717, 1.165) is 25.1 Å². The maximum absolute atomic E-state index is 12.3. The second-order valence-electron chi connectivity index (χ2n) is 5.11. The molecule has 0 saturated heterocycles. The van der Waals surface area contributed by atoms with E-state index in [9.17, 15) is 4.79 Å². The zero-order valence-corrected chi connectivity index (χ0v) is 12.8. The number of carbonyl (C=O) groups is 1. The molecule has 0 aromatic heterocycles. The summed E-state index contributed by atoms with van der Waals surface area (Å²) in [4.78, 5) is 14.5. The van der Waals surface area contributed by atoms with Crippen LogP contribution in [0.5, 0.6) is 0 Å². The number of esters is 1. The maximum Gasteiger partial charge on any atom is 0.330 e. The number of hydrogen-bond acceptors (Lipinski definition) is 4. The summed E-state index contributed by atoms with van der Waals surface area (Å²) in [5, 5.41) is 0. The van der Waals surface area contributed by atoms with Gasteiger partial charge >= 0.3 is 5.97 Å². The van der Waals surface area contributed by atoms with Gasteiger partial charge in [0.1, 0.15) is 5.54 Å². The first-order valence-electron chi connectivity index (χ1n) is 7.24. The fraction of sp³-hybridized carbons (Fsp3) is 0.562. The zero-order valence-electron chi connectivity index (χ0n) is 12.8. The highest BCUT2D eigenvalue weighted by molar-refractivity contribution is 5.82. The van der Waals surface area contributed by atoms with Gasteiger partial charge in [0.15, 0.2) is 0 Å². The molecule has 1 aromatic carbocycles. The molecule has 0 bridgehead atoms. The van der Waals surface area contributed by atoms with Crippen LogP contribution in [0.1, 0.15) is 32.3 Å². The molecule has 1 aromatic rings. The van der Waals surface area contributed by atoms with Crippen LogP contribution in [0.2, 0.25) is 0 Å². The lowest BCUT2D eigenvalue weighted by Crippen LogP contribution is -2.48. The molecule has 0 spiro atoms. The second-order valence-corrected chi connectivity index (χ2v) is 5.11. The van der Waals surface area contributed by atoms with Crippen molar-refractivity contribution in [2.45, 2.75) is 32.2 Å². The van der Waals surface area contributed by atoms with E-state index in [0.29, 0.717) is 13.0 Å². The van der Waals surface area contributed by atoms with Gasteiger partial charge < -0.3 is 15.4 Å². The van der Waals surface area contributed by atoms with Crippen LogP contribution in [-0.2, 0) is 15.1 Å². The van der Waals surface area contributed by atoms with Crippen molar-refractivity contribution < 1.29 is 9.53 Å². The summed E-state index contributed by atoms with van der Waals surface area (Å²) in [6.45, 7) is 6.03. The maximum atomic E-state index is 12.3. The van der Waals surface area contributed by atoms with Crippen LogP contribution >= 0.6 is 0 Å². The average molecular weight is 278 g/mol. The van der Waals surface area contributed by atoms with Gasteiger partial charge in [-0.15, -0.1) is 0 Å². The summed E-state index contributed by atoms with van der Waals surface area (Å²) in [5.74, 6) is -0.351. The van der Waals surface area contributed by atoms with E-state index in [4.69, 9.17) is 10.5 Å². The molecule has 0 radical (unpaired) electrons. The fourth-order valence-electron chi connectivity index (χ4n) is 2.22. The van der Waals surface area contributed by atoms with Crippen LogP contribution in [0.3, 0.4) is 0 Å². The van der Waals surface area contributed by atoms with E-state index in [2.05, 4.69) is 11.8 Å². The molecule has 1 rings (SSSR count). The largest absolute Gasteiger partial charge is 0.464 e. The Kier molecular flexibility index (Phi) is 6.68. The first-order chi connectivity index (χ1) is 9.54. The van der Waals surface area contributed by atoms with E-state index in [1.165, 1.54) is 0 Å². The third-order valence-electron chi connectivity index (χ3n) is 3.42. The van der Waals surface area contributed by atoms with Gasteiger partial charge in [-0.2, -0.15) is 0 Å². The number of benzene rings is 1. The molecule has 0 saturated carbocycles. The van der Waals surface area contributed by atoms with Gasteiger partial charge in [-0.25, -0.2) is 4.79 Å². The van der Waals surface area contributed by atoms with Crippen LogP contribution in [0.25, 0.3) is 0 Å². The van der Waals surface area contributed by atoms with E-state index >= 15 is 0 Å². The van der Waals surface area contributed by atoms with Crippen molar-refractivity contribution in [3.63, 3.8) is 0 Å². The predicted molar refractivity (Wildman–Crippen MR) is 81.3 cm³/mol. The lowest BCUT2D eigenvalue weighted by atomic mass is 9.87. The molecule has 112 valence electrons. The second kappa shape index (κ2) is 8.02. The van der Waals surface area contributed by atoms with E-state index in [1.807, 2.05) is 37.4 Å². The van der Waals surface area contributed by atoms with Crippen LogP contribution in [-0.4, -0.2) is 37.6 Å². The topological polar surface area (TPSA) is 55.6 Å². The number of hydrogen-bond donors (Lipinski definition) is 1. The molecule has 2 N–H and O–H groups in total. The van der Waals surface area contributed by atoms with Crippen molar-refractivity contribution in [1.29, 1.82) is 0 Å². The van der Waals surface area contributed by atoms with Crippen molar-refractivity contribution in [2.24, 2.45) is 5.73 Å². The lowest BCUT2D eigenvalue weighted by molar-refractivity contribution is -0.150. The lowest BCUT2D eigenvalue weighted by Gasteiger charge is -2.29. The van der Waals surface area contributed by atoms with Gasteiger partial charge in [0, 0.05) is 6.54 Å². The van der Waals surface area contributed by atoms with Crippen LogP contribution in [0, 0.1) is 0 Å². The third kappa shape index (κ3) is 4.32. The van der Waals surface area contributed by atoms with Gasteiger partial charge in [0.25, 0.3) is 0 Å². The number of carbonyl (C=O) groups excluding carboxylic acids is 1. The highest BCUT2D eigenvalue weighted by Gasteiger charge is 2.37. The Morgan fingerprint density at radius 1 is 1.25 bits per heavy atom. The molecular weight excluding hydrogens is 252 g/mol. The molecule has 0 aliphatic carbocycles. The number of nitrogens with zero attached hydrogens (tertiary/aromatic N) is 1. The SMILES string of the molecule is CCCN(C)CCC(N)(C(=O)OCC)c1ccccc1. The Bertz CT molecular complexity index is 408. The summed E-state index contributed by atoms with van der Waals surface area (Å²) in [6, 6.07) is 9.48. The Morgan fingerprint density at radius 3 is 2.45 bits per heavy atom. The minimum absolute atomic E-state index is 0.343. The Balaban J connectivity index is 2.88. The Hall–Kier alpha value is -1.39. The molecule has 1 unspecified atom stereocenters. The molecule has 4 heteroatoms. The van der Waals surface area contributed by atoms with Crippen molar-refractivity contribution in [3.8, 4) is 0 Å². The van der Waals surface area contributed by atoms with Gasteiger partial charge in [-0.05, 0) is 38.9 Å². The van der Waals surface area contributed by atoms with Gasteiger partial charge in [0.2, 0.25) is 0 Å². The van der Waals surface area contributed by atoms with Gasteiger partial charge in [0.05, 0.1) is 6.61 Å². The molecule has 0 fully saturated rings. The standard InChI is InChI=1S/C16H26N2O2/c1-4-12-18(3)13-11-16(17,15(19)20-5-2)14-9-7-6-8-10-14/h6-10H,4-5,11-13,17H2,1-3H3. The number of ether oxygens (including phenoxy) is 1. The number of rotatable bonds is 8. The highest BCUT2D eigenvalue weighted by Crippen LogP contribution is 2.24. The van der Waals surface area contributed by atoms with E-state index in [-0.39, 0.29) is 5.97 Å². The Labute approximate surface area is 121 Å². The first kappa shape index (κ1) is 16.7. The van der Waals surface area contributed by atoms with Crippen molar-refractivity contribution >= 4 is 5.97 Å². The summed E-state index contributed by atoms with van der Waals surface area (Å²) in [7, 11) is 2.04. The predicted octanol–water partition coefficient (Wildman–Crippen LogP) is 2.14.